The maximum atomic E-state index is 13.2. The van der Waals surface area contributed by atoms with Crippen molar-refractivity contribution in [1.29, 1.82) is 0 Å². The van der Waals surface area contributed by atoms with Crippen molar-refractivity contribution in [3.63, 3.8) is 0 Å². The summed E-state index contributed by atoms with van der Waals surface area (Å²) in [4.78, 5) is 13.2. The minimum Gasteiger partial charge on any atom is -0.463 e. The number of hydrazone groups is 1. The molecule has 0 radical (unpaired) electrons. The number of benzene rings is 1. The molecule has 1 fully saturated rings. The van der Waals surface area contributed by atoms with Gasteiger partial charge in [-0.3, -0.25) is 4.79 Å². The average molecular weight is 401 g/mol. The standard InChI is InChI=1S/C20H21BrN2O2/c21-16-9-4-8-15(12-16)18-13-17(19-10-5-11-25-19)22-23(18)20(24)14-6-2-1-3-7-14/h4-5,8-12,14,18H,1-3,6-7,13H2/t18-/m1/s1. The van der Waals surface area contributed by atoms with E-state index in [1.54, 1.807) is 11.3 Å². The molecule has 1 aliphatic heterocycles. The fourth-order valence-electron chi connectivity index (χ4n) is 3.82. The third-order valence-electron chi connectivity index (χ3n) is 5.13. The Bertz CT molecular complexity index is 779. The largest absolute Gasteiger partial charge is 0.463 e. The van der Waals surface area contributed by atoms with Crippen LogP contribution in [0.1, 0.15) is 55.9 Å². The molecule has 0 spiro atoms. The summed E-state index contributed by atoms with van der Waals surface area (Å²) in [5, 5.41) is 6.40. The molecule has 25 heavy (non-hydrogen) atoms. The fourth-order valence-corrected chi connectivity index (χ4v) is 4.23. The zero-order valence-corrected chi connectivity index (χ0v) is 15.6. The molecule has 0 unspecified atom stereocenters. The molecular weight excluding hydrogens is 380 g/mol. The molecule has 0 N–H and O–H groups in total. The van der Waals surface area contributed by atoms with Gasteiger partial charge < -0.3 is 4.42 Å². The van der Waals surface area contributed by atoms with E-state index in [1.807, 2.05) is 24.3 Å². The van der Waals surface area contributed by atoms with Gasteiger partial charge in [-0.2, -0.15) is 5.10 Å². The molecule has 4 nitrogen and oxygen atoms in total. The monoisotopic (exact) mass is 400 g/mol. The Morgan fingerprint density at radius 3 is 2.72 bits per heavy atom. The van der Waals surface area contributed by atoms with Crippen LogP contribution in [-0.2, 0) is 4.79 Å². The number of carbonyl (C=O) groups excluding carboxylic acids is 1. The second kappa shape index (κ2) is 7.16. The van der Waals surface area contributed by atoms with E-state index in [4.69, 9.17) is 4.42 Å². The molecule has 5 heteroatoms. The quantitative estimate of drug-likeness (QED) is 0.701. The molecule has 2 aromatic rings. The predicted molar refractivity (Wildman–Crippen MR) is 100 cm³/mol. The van der Waals surface area contributed by atoms with Crippen LogP contribution in [-0.4, -0.2) is 16.6 Å². The topological polar surface area (TPSA) is 45.8 Å². The molecule has 0 saturated heterocycles. The highest BCUT2D eigenvalue weighted by molar-refractivity contribution is 9.10. The van der Waals surface area contributed by atoms with Crippen molar-refractivity contribution in [2.45, 2.75) is 44.6 Å². The molecular formula is C20H21BrN2O2. The summed E-state index contributed by atoms with van der Waals surface area (Å²) in [6.45, 7) is 0. The summed E-state index contributed by atoms with van der Waals surface area (Å²) in [5.74, 6) is 1.01. The van der Waals surface area contributed by atoms with Gasteiger partial charge in [-0.25, -0.2) is 5.01 Å². The van der Waals surface area contributed by atoms with Crippen LogP contribution in [0.25, 0.3) is 0 Å². The van der Waals surface area contributed by atoms with Crippen molar-refractivity contribution in [2.24, 2.45) is 11.0 Å². The summed E-state index contributed by atoms with van der Waals surface area (Å²) >= 11 is 3.54. The van der Waals surface area contributed by atoms with Gasteiger partial charge >= 0.3 is 0 Å². The van der Waals surface area contributed by atoms with Crippen LogP contribution in [0, 0.1) is 5.92 Å². The van der Waals surface area contributed by atoms with Gasteiger partial charge in [0.25, 0.3) is 0 Å². The van der Waals surface area contributed by atoms with Gasteiger partial charge in [0.05, 0.1) is 12.3 Å². The van der Waals surface area contributed by atoms with Crippen LogP contribution < -0.4 is 0 Å². The number of amides is 1. The Morgan fingerprint density at radius 2 is 2.00 bits per heavy atom. The van der Waals surface area contributed by atoms with E-state index < -0.39 is 0 Å². The molecule has 1 aromatic carbocycles. The Morgan fingerprint density at radius 1 is 1.16 bits per heavy atom. The lowest BCUT2D eigenvalue weighted by Gasteiger charge is -2.28. The van der Waals surface area contributed by atoms with E-state index in [9.17, 15) is 4.79 Å². The van der Waals surface area contributed by atoms with E-state index in [0.717, 1.165) is 47.2 Å². The number of halogens is 1. The van der Waals surface area contributed by atoms with Crippen LogP contribution in [0.2, 0.25) is 0 Å². The zero-order chi connectivity index (χ0) is 17.2. The second-order valence-corrected chi connectivity index (χ2v) is 7.73. The maximum Gasteiger partial charge on any atom is 0.246 e. The minimum atomic E-state index is -0.0629. The Labute approximate surface area is 156 Å². The molecule has 1 aliphatic carbocycles. The minimum absolute atomic E-state index is 0.0629. The van der Waals surface area contributed by atoms with Crippen LogP contribution >= 0.6 is 15.9 Å². The smallest absolute Gasteiger partial charge is 0.246 e. The number of hydrogen-bond donors (Lipinski definition) is 0. The highest BCUT2D eigenvalue weighted by Gasteiger charge is 2.37. The maximum absolute atomic E-state index is 13.2. The zero-order valence-electron chi connectivity index (χ0n) is 14.0. The normalized spacial score (nSPS) is 21.4. The first kappa shape index (κ1) is 16.6. The summed E-state index contributed by atoms with van der Waals surface area (Å²) in [7, 11) is 0. The van der Waals surface area contributed by atoms with Crippen LogP contribution in [0.4, 0.5) is 0 Å². The Hall–Kier alpha value is -1.88. The van der Waals surface area contributed by atoms with Crippen molar-refractivity contribution >= 4 is 27.5 Å². The van der Waals surface area contributed by atoms with E-state index in [0.29, 0.717) is 6.42 Å². The van der Waals surface area contributed by atoms with Crippen molar-refractivity contribution < 1.29 is 9.21 Å². The first-order valence-electron chi connectivity index (χ1n) is 8.92. The van der Waals surface area contributed by atoms with Gasteiger partial charge in [0.15, 0.2) is 0 Å². The van der Waals surface area contributed by atoms with Crippen LogP contribution in [0.3, 0.4) is 0 Å². The lowest BCUT2D eigenvalue weighted by atomic mass is 9.88. The number of carbonyl (C=O) groups is 1. The Kier molecular flexibility index (Phi) is 4.75. The number of furan rings is 1. The highest BCUT2D eigenvalue weighted by atomic mass is 79.9. The molecule has 4 rings (SSSR count). The molecule has 0 bridgehead atoms. The molecule has 130 valence electrons. The summed E-state index contributed by atoms with van der Waals surface area (Å²) in [5.41, 5.74) is 1.95. The van der Waals surface area contributed by atoms with Crippen molar-refractivity contribution in [2.75, 3.05) is 0 Å². The van der Waals surface area contributed by atoms with E-state index in [-0.39, 0.29) is 17.9 Å². The van der Waals surface area contributed by atoms with E-state index in [2.05, 4.69) is 33.2 Å². The predicted octanol–water partition coefficient (Wildman–Crippen LogP) is 5.30. The highest BCUT2D eigenvalue weighted by Crippen LogP contribution is 2.37. The van der Waals surface area contributed by atoms with Gasteiger partial charge in [-0.1, -0.05) is 47.3 Å². The van der Waals surface area contributed by atoms with Crippen molar-refractivity contribution in [3.8, 4) is 0 Å². The van der Waals surface area contributed by atoms with Crippen molar-refractivity contribution in [3.05, 3.63) is 58.5 Å². The Balaban J connectivity index is 1.66. The fraction of sp³-hybridized carbons (Fsp3) is 0.400. The van der Waals surface area contributed by atoms with Gasteiger partial charge in [0.2, 0.25) is 5.91 Å². The number of hydrogen-bond acceptors (Lipinski definition) is 3. The molecule has 1 amide bonds. The van der Waals surface area contributed by atoms with Gasteiger partial charge in [0, 0.05) is 16.8 Å². The summed E-state index contributed by atoms with van der Waals surface area (Å²) < 4.78 is 6.54. The molecule has 2 aliphatic rings. The average Bonchev–Trinajstić information content (AvgIpc) is 3.31. The second-order valence-electron chi connectivity index (χ2n) is 6.82. The van der Waals surface area contributed by atoms with E-state index in [1.165, 1.54) is 6.42 Å². The van der Waals surface area contributed by atoms with Gasteiger partial charge in [-0.15, -0.1) is 0 Å². The van der Waals surface area contributed by atoms with Gasteiger partial charge in [-0.05, 0) is 42.7 Å². The molecule has 1 aromatic heterocycles. The van der Waals surface area contributed by atoms with Crippen LogP contribution in [0.5, 0.6) is 0 Å². The first-order valence-corrected chi connectivity index (χ1v) is 9.71. The molecule has 2 heterocycles. The lowest BCUT2D eigenvalue weighted by Crippen LogP contribution is -2.33. The third-order valence-corrected chi connectivity index (χ3v) is 5.62. The lowest BCUT2D eigenvalue weighted by molar-refractivity contribution is -0.138. The summed E-state index contributed by atoms with van der Waals surface area (Å²) in [6.07, 6.45) is 7.80. The van der Waals surface area contributed by atoms with Crippen LogP contribution in [0.15, 0.2) is 56.7 Å². The third kappa shape index (κ3) is 3.43. The SMILES string of the molecule is O=C(C1CCCCC1)N1N=C(c2ccco2)C[C@@H]1c1cccc(Br)c1. The number of rotatable bonds is 3. The first-order chi connectivity index (χ1) is 12.2. The summed E-state index contributed by atoms with van der Waals surface area (Å²) in [6, 6.07) is 11.9. The molecule has 1 saturated carbocycles. The molecule has 1 atom stereocenters. The van der Waals surface area contributed by atoms with Crippen molar-refractivity contribution in [1.82, 2.24) is 5.01 Å². The van der Waals surface area contributed by atoms with E-state index >= 15 is 0 Å². The van der Waals surface area contributed by atoms with Gasteiger partial charge in [0.1, 0.15) is 11.5 Å². The number of nitrogens with zero attached hydrogens (tertiary/aromatic N) is 2.